The first-order valence-electron chi connectivity index (χ1n) is 7.94. The zero-order chi connectivity index (χ0) is 20.1. The van der Waals surface area contributed by atoms with Gasteiger partial charge in [0.25, 0.3) is 17.5 Å². The van der Waals surface area contributed by atoms with Crippen molar-refractivity contribution >= 4 is 57.6 Å². The van der Waals surface area contributed by atoms with Crippen LogP contribution >= 0.6 is 24.0 Å². The van der Waals surface area contributed by atoms with Gasteiger partial charge in [-0.3, -0.25) is 19.7 Å². The van der Waals surface area contributed by atoms with Gasteiger partial charge in [-0.25, -0.2) is 0 Å². The minimum Gasteiger partial charge on any atom is -0.483 e. The number of anilines is 1. The van der Waals surface area contributed by atoms with Crippen LogP contribution in [-0.4, -0.2) is 27.7 Å². The van der Waals surface area contributed by atoms with Gasteiger partial charge in [0.05, 0.1) is 9.83 Å². The second-order valence-electron chi connectivity index (χ2n) is 5.50. The number of rotatable bonds is 6. The lowest BCUT2D eigenvalue weighted by Gasteiger charge is -2.10. The molecule has 0 atom stereocenters. The molecule has 1 aliphatic heterocycles. The summed E-state index contributed by atoms with van der Waals surface area (Å²) < 4.78 is 5.92. The summed E-state index contributed by atoms with van der Waals surface area (Å²) in [5.74, 6) is -0.455. The summed E-state index contributed by atoms with van der Waals surface area (Å²) in [5.41, 5.74) is 0.480. The number of nitrogens with zero attached hydrogens (tertiary/aromatic N) is 1. The number of amides is 2. The Kier molecular flexibility index (Phi) is 6.02. The molecule has 0 aromatic heterocycles. The Morgan fingerprint density at radius 2 is 1.96 bits per heavy atom. The summed E-state index contributed by atoms with van der Waals surface area (Å²) in [6.07, 6.45) is 1.62. The van der Waals surface area contributed by atoms with Crippen molar-refractivity contribution in [3.8, 4) is 5.75 Å². The van der Waals surface area contributed by atoms with Crippen molar-refractivity contribution in [3.63, 3.8) is 0 Å². The first-order chi connectivity index (χ1) is 13.4. The number of hydrogen-bond acceptors (Lipinski definition) is 7. The molecular formula is C18H13N3O5S2. The predicted octanol–water partition coefficient (Wildman–Crippen LogP) is 3.10. The number of nitrogens with one attached hydrogen (secondary N) is 2. The fourth-order valence-corrected chi connectivity index (χ4v) is 3.40. The van der Waals surface area contributed by atoms with E-state index in [2.05, 4.69) is 10.6 Å². The molecule has 10 heteroatoms. The van der Waals surface area contributed by atoms with Crippen LogP contribution in [0, 0.1) is 10.1 Å². The fourth-order valence-electron chi connectivity index (χ4n) is 2.36. The molecule has 1 heterocycles. The van der Waals surface area contributed by atoms with Crippen molar-refractivity contribution in [2.75, 3.05) is 11.9 Å². The molecule has 0 saturated carbocycles. The molecule has 0 aliphatic carbocycles. The summed E-state index contributed by atoms with van der Waals surface area (Å²) in [4.78, 5) is 34.8. The molecule has 2 amide bonds. The fraction of sp³-hybridized carbons (Fsp3) is 0.0556. The molecule has 1 aliphatic rings. The maximum atomic E-state index is 12.2. The van der Waals surface area contributed by atoms with Crippen molar-refractivity contribution in [3.05, 3.63) is 69.1 Å². The van der Waals surface area contributed by atoms with Gasteiger partial charge in [0, 0.05) is 11.6 Å². The molecule has 3 rings (SSSR count). The molecule has 0 spiro atoms. The maximum absolute atomic E-state index is 12.2. The van der Waals surface area contributed by atoms with Gasteiger partial charge in [-0.1, -0.05) is 54.3 Å². The number of carbonyl (C=O) groups is 2. The second-order valence-corrected chi connectivity index (χ2v) is 7.22. The Labute approximate surface area is 169 Å². The zero-order valence-electron chi connectivity index (χ0n) is 14.2. The molecule has 2 aromatic carbocycles. The Balaban J connectivity index is 1.70. The van der Waals surface area contributed by atoms with Crippen LogP contribution in [0.1, 0.15) is 5.56 Å². The largest absolute Gasteiger partial charge is 0.483 e. The normalized spacial score (nSPS) is 14.6. The average molecular weight is 415 g/mol. The second kappa shape index (κ2) is 8.63. The third-order valence-electron chi connectivity index (χ3n) is 3.58. The number of nitro groups is 1. The van der Waals surface area contributed by atoms with Gasteiger partial charge < -0.3 is 15.4 Å². The first-order valence-corrected chi connectivity index (χ1v) is 9.16. The lowest BCUT2D eigenvalue weighted by Crippen LogP contribution is -2.21. The van der Waals surface area contributed by atoms with Gasteiger partial charge >= 0.3 is 0 Å². The van der Waals surface area contributed by atoms with E-state index in [0.29, 0.717) is 20.5 Å². The molecule has 1 saturated heterocycles. The lowest BCUT2D eigenvalue weighted by atomic mass is 10.2. The molecule has 0 unspecified atom stereocenters. The van der Waals surface area contributed by atoms with Crippen molar-refractivity contribution in [1.29, 1.82) is 0 Å². The molecule has 0 bridgehead atoms. The van der Waals surface area contributed by atoms with Gasteiger partial charge in [0.1, 0.15) is 15.8 Å². The molecular weight excluding hydrogens is 402 g/mol. The van der Waals surface area contributed by atoms with E-state index >= 15 is 0 Å². The Bertz CT molecular complexity index is 1010. The van der Waals surface area contributed by atoms with E-state index in [-0.39, 0.29) is 23.9 Å². The van der Waals surface area contributed by atoms with Gasteiger partial charge in [0.15, 0.2) is 6.61 Å². The quantitative estimate of drug-likeness (QED) is 0.323. The van der Waals surface area contributed by atoms with Gasteiger partial charge in [0.2, 0.25) is 0 Å². The smallest absolute Gasteiger partial charge is 0.292 e. The maximum Gasteiger partial charge on any atom is 0.292 e. The van der Waals surface area contributed by atoms with Crippen LogP contribution in [0.25, 0.3) is 6.08 Å². The highest BCUT2D eigenvalue weighted by Gasteiger charge is 2.22. The van der Waals surface area contributed by atoms with Crippen molar-refractivity contribution in [2.45, 2.75) is 0 Å². The van der Waals surface area contributed by atoms with Crippen molar-refractivity contribution in [2.24, 2.45) is 0 Å². The Hall–Kier alpha value is -3.24. The number of thiocarbonyl (C=S) groups is 1. The number of benzene rings is 2. The van der Waals surface area contributed by atoms with E-state index in [4.69, 9.17) is 17.0 Å². The number of carbonyl (C=O) groups excluding carboxylic acids is 2. The molecule has 2 N–H and O–H groups in total. The summed E-state index contributed by atoms with van der Waals surface area (Å²) in [6, 6.07) is 12.7. The van der Waals surface area contributed by atoms with Crippen molar-refractivity contribution < 1.29 is 19.2 Å². The minimum absolute atomic E-state index is 0.0871. The van der Waals surface area contributed by atoms with E-state index in [1.165, 1.54) is 18.2 Å². The number of hydrogen-bond donors (Lipinski definition) is 2. The summed E-state index contributed by atoms with van der Waals surface area (Å²) in [7, 11) is 0. The highest BCUT2D eigenvalue weighted by molar-refractivity contribution is 8.26. The van der Waals surface area contributed by atoms with E-state index < -0.39 is 10.8 Å². The highest BCUT2D eigenvalue weighted by atomic mass is 32.2. The molecule has 8 nitrogen and oxygen atoms in total. The first kappa shape index (κ1) is 19.5. The summed E-state index contributed by atoms with van der Waals surface area (Å²) in [5, 5.41) is 16.0. The van der Waals surface area contributed by atoms with E-state index in [1.807, 2.05) is 0 Å². The average Bonchev–Trinajstić information content (AvgIpc) is 2.98. The van der Waals surface area contributed by atoms with E-state index in [1.54, 1.807) is 36.4 Å². The molecule has 142 valence electrons. The molecule has 1 fully saturated rings. The third-order valence-corrected chi connectivity index (χ3v) is 4.74. The number of nitro benzene ring substituents is 1. The van der Waals surface area contributed by atoms with Gasteiger partial charge in [-0.2, -0.15) is 0 Å². The van der Waals surface area contributed by atoms with Crippen LogP contribution in [0.5, 0.6) is 5.75 Å². The zero-order valence-corrected chi connectivity index (χ0v) is 15.8. The van der Waals surface area contributed by atoms with Crippen LogP contribution in [0.15, 0.2) is 53.4 Å². The minimum atomic E-state index is -0.577. The predicted molar refractivity (Wildman–Crippen MR) is 110 cm³/mol. The molecule has 2 aromatic rings. The topological polar surface area (TPSA) is 111 Å². The Morgan fingerprint density at radius 1 is 1.25 bits per heavy atom. The summed E-state index contributed by atoms with van der Waals surface area (Å²) >= 11 is 6.10. The molecule has 0 radical (unpaired) electrons. The number of thioether (sulfide) groups is 1. The highest BCUT2D eigenvalue weighted by Crippen LogP contribution is 2.29. The lowest BCUT2D eigenvalue weighted by molar-refractivity contribution is -0.383. The summed E-state index contributed by atoms with van der Waals surface area (Å²) in [6.45, 7) is -0.357. The van der Waals surface area contributed by atoms with E-state index in [9.17, 15) is 19.7 Å². The monoisotopic (exact) mass is 415 g/mol. The van der Waals surface area contributed by atoms with Crippen LogP contribution in [0.3, 0.4) is 0 Å². The number of para-hydroxylation sites is 3. The third kappa shape index (κ3) is 4.72. The molecule has 28 heavy (non-hydrogen) atoms. The van der Waals surface area contributed by atoms with Gasteiger partial charge in [-0.15, -0.1) is 0 Å². The SMILES string of the molecule is O=C(COc1ccccc1/C=C1\SC(=S)NC1=O)Nc1ccccc1[N+](=O)[O-]. The van der Waals surface area contributed by atoms with Crippen molar-refractivity contribution in [1.82, 2.24) is 5.32 Å². The Morgan fingerprint density at radius 3 is 2.68 bits per heavy atom. The van der Waals surface area contributed by atoms with Crippen LogP contribution in [0.4, 0.5) is 11.4 Å². The number of ether oxygens (including phenoxy) is 1. The van der Waals surface area contributed by atoms with Crippen LogP contribution in [-0.2, 0) is 9.59 Å². The van der Waals surface area contributed by atoms with Crippen LogP contribution < -0.4 is 15.4 Å². The van der Waals surface area contributed by atoms with Crippen LogP contribution in [0.2, 0.25) is 0 Å². The standard InChI is InChI=1S/C18H13N3O5S2/c22-16(19-12-6-2-3-7-13(12)21(24)25)10-26-14-8-4-1-5-11(14)9-15-17(23)20-18(27)28-15/h1-9H,10H2,(H,19,22)(H,20,23,27)/b15-9-. The van der Waals surface area contributed by atoms with E-state index in [0.717, 1.165) is 11.8 Å². The van der Waals surface area contributed by atoms with Gasteiger partial charge in [-0.05, 0) is 18.2 Å².